The molecule has 0 spiro atoms. The molecule has 2 aliphatic carbocycles. The van der Waals surface area contributed by atoms with E-state index in [1.165, 1.54) is 12.0 Å². The van der Waals surface area contributed by atoms with Crippen LogP contribution in [0.15, 0.2) is 18.2 Å². The molecule has 1 amide bonds. The maximum Gasteiger partial charge on any atom is 0.229 e. The fraction of sp³-hybridized carbons (Fsp3) is 0.556. The fourth-order valence-corrected chi connectivity index (χ4v) is 3.54. The van der Waals surface area contributed by atoms with E-state index in [1.807, 2.05) is 12.1 Å². The first-order chi connectivity index (χ1) is 11.0. The number of hydrogen-bond donors (Lipinski definition) is 2. The Morgan fingerprint density at radius 2 is 2.17 bits per heavy atom. The van der Waals surface area contributed by atoms with E-state index in [2.05, 4.69) is 27.9 Å². The lowest BCUT2D eigenvalue weighted by Gasteiger charge is -2.36. The van der Waals surface area contributed by atoms with Crippen LogP contribution in [0.3, 0.4) is 0 Å². The number of aryl methyl sites for hydroxylation is 1. The van der Waals surface area contributed by atoms with Gasteiger partial charge in [-0.2, -0.15) is 0 Å². The summed E-state index contributed by atoms with van der Waals surface area (Å²) >= 11 is 0. The minimum Gasteiger partial charge on any atom is -0.389 e. The van der Waals surface area contributed by atoms with Crippen molar-refractivity contribution in [2.75, 3.05) is 5.32 Å². The van der Waals surface area contributed by atoms with Gasteiger partial charge in [0.25, 0.3) is 0 Å². The van der Waals surface area contributed by atoms with Gasteiger partial charge in [0.05, 0.1) is 23.1 Å². The summed E-state index contributed by atoms with van der Waals surface area (Å²) in [6.07, 6.45) is 6.10. The average Bonchev–Trinajstić information content (AvgIpc) is 2.73. The van der Waals surface area contributed by atoms with Crippen molar-refractivity contribution >= 4 is 22.9 Å². The SMILES string of the molecule is Cc1ccc2nc(NC(=O)CC3(O)CCC3)n(C3CCC3)c2c1. The highest BCUT2D eigenvalue weighted by atomic mass is 16.3. The predicted octanol–water partition coefficient (Wildman–Crippen LogP) is 3.31. The minimum absolute atomic E-state index is 0.139. The highest BCUT2D eigenvalue weighted by Crippen LogP contribution is 2.38. The number of amides is 1. The van der Waals surface area contributed by atoms with E-state index in [4.69, 9.17) is 0 Å². The van der Waals surface area contributed by atoms with E-state index >= 15 is 0 Å². The van der Waals surface area contributed by atoms with Gasteiger partial charge >= 0.3 is 0 Å². The number of fused-ring (bicyclic) bond motifs is 1. The maximum atomic E-state index is 12.3. The van der Waals surface area contributed by atoms with Gasteiger partial charge in [0.2, 0.25) is 11.9 Å². The molecule has 122 valence electrons. The number of aliphatic hydroxyl groups is 1. The second kappa shape index (κ2) is 5.34. The Labute approximate surface area is 135 Å². The number of nitrogens with zero attached hydrogens (tertiary/aromatic N) is 2. The van der Waals surface area contributed by atoms with Gasteiger partial charge in [-0.05, 0) is 63.1 Å². The first-order valence-corrected chi connectivity index (χ1v) is 8.55. The molecule has 0 bridgehead atoms. The molecule has 2 saturated carbocycles. The molecule has 5 heteroatoms. The van der Waals surface area contributed by atoms with Gasteiger partial charge in [0.15, 0.2) is 0 Å². The molecule has 1 heterocycles. The van der Waals surface area contributed by atoms with Crippen LogP contribution in [0.25, 0.3) is 11.0 Å². The summed E-state index contributed by atoms with van der Waals surface area (Å²) in [5.41, 5.74) is 2.40. The molecule has 4 rings (SSSR count). The van der Waals surface area contributed by atoms with Crippen LogP contribution >= 0.6 is 0 Å². The Kier molecular flexibility index (Phi) is 3.41. The number of aromatic nitrogens is 2. The number of benzene rings is 1. The van der Waals surface area contributed by atoms with E-state index in [0.717, 1.165) is 43.1 Å². The Balaban J connectivity index is 1.64. The van der Waals surface area contributed by atoms with Gasteiger partial charge in [-0.3, -0.25) is 10.1 Å². The molecule has 0 radical (unpaired) electrons. The highest BCUT2D eigenvalue weighted by molar-refractivity contribution is 5.92. The van der Waals surface area contributed by atoms with Gasteiger partial charge < -0.3 is 9.67 Å². The molecular formula is C18H23N3O2. The highest BCUT2D eigenvalue weighted by Gasteiger charge is 2.37. The number of nitrogens with one attached hydrogen (secondary N) is 1. The van der Waals surface area contributed by atoms with Crippen LogP contribution in [0.5, 0.6) is 0 Å². The summed E-state index contributed by atoms with van der Waals surface area (Å²) in [7, 11) is 0. The van der Waals surface area contributed by atoms with Gasteiger partial charge in [-0.1, -0.05) is 6.07 Å². The van der Waals surface area contributed by atoms with Gasteiger partial charge in [0.1, 0.15) is 0 Å². The quantitative estimate of drug-likeness (QED) is 0.910. The molecule has 23 heavy (non-hydrogen) atoms. The fourth-order valence-electron chi connectivity index (χ4n) is 3.54. The molecule has 5 nitrogen and oxygen atoms in total. The predicted molar refractivity (Wildman–Crippen MR) is 89.4 cm³/mol. The molecule has 2 N–H and O–H groups in total. The summed E-state index contributed by atoms with van der Waals surface area (Å²) in [4.78, 5) is 16.9. The van der Waals surface area contributed by atoms with Crippen molar-refractivity contribution in [3.63, 3.8) is 0 Å². The van der Waals surface area contributed by atoms with Gasteiger partial charge in [0, 0.05) is 6.04 Å². The third kappa shape index (κ3) is 2.63. The number of carbonyl (C=O) groups is 1. The molecule has 1 aromatic carbocycles. The lowest BCUT2D eigenvalue weighted by atomic mass is 9.78. The number of hydrogen-bond acceptors (Lipinski definition) is 3. The van der Waals surface area contributed by atoms with Gasteiger partial charge in [-0.25, -0.2) is 4.98 Å². The third-order valence-electron chi connectivity index (χ3n) is 5.31. The Morgan fingerprint density at radius 3 is 2.78 bits per heavy atom. The monoisotopic (exact) mass is 313 g/mol. The van der Waals surface area contributed by atoms with Crippen LogP contribution < -0.4 is 5.32 Å². The number of anilines is 1. The molecule has 0 atom stereocenters. The first kappa shape index (κ1) is 14.7. The molecule has 0 unspecified atom stereocenters. The Bertz CT molecular complexity index is 757. The first-order valence-electron chi connectivity index (χ1n) is 8.55. The molecule has 1 aromatic heterocycles. The lowest BCUT2D eigenvalue weighted by Crippen LogP contribution is -2.40. The second-order valence-corrected chi connectivity index (χ2v) is 7.19. The second-order valence-electron chi connectivity index (χ2n) is 7.19. The van der Waals surface area contributed by atoms with Crippen LogP contribution in [0.4, 0.5) is 5.95 Å². The number of imidazole rings is 1. The molecular weight excluding hydrogens is 290 g/mol. The van der Waals surface area contributed by atoms with Crippen LogP contribution in [0.1, 0.15) is 56.6 Å². The Morgan fingerprint density at radius 1 is 1.39 bits per heavy atom. The van der Waals surface area contributed by atoms with E-state index in [9.17, 15) is 9.90 Å². The van der Waals surface area contributed by atoms with Gasteiger partial charge in [-0.15, -0.1) is 0 Å². The van der Waals surface area contributed by atoms with Crippen LogP contribution in [0, 0.1) is 6.92 Å². The molecule has 2 aromatic rings. The molecule has 0 saturated heterocycles. The lowest BCUT2D eigenvalue weighted by molar-refractivity contribution is -0.125. The van der Waals surface area contributed by atoms with Crippen molar-refractivity contribution in [1.29, 1.82) is 0 Å². The Hall–Kier alpha value is -1.88. The molecule has 2 fully saturated rings. The standard InChI is InChI=1S/C18H23N3O2/c1-12-6-7-14-15(10-12)21(13-4-2-5-13)17(19-14)20-16(22)11-18(23)8-3-9-18/h6-7,10,13,23H,2-5,8-9,11H2,1H3,(H,19,20,22). The van der Waals surface area contributed by atoms with E-state index in [0.29, 0.717) is 12.0 Å². The van der Waals surface area contributed by atoms with Crippen molar-refractivity contribution in [3.05, 3.63) is 23.8 Å². The zero-order valence-electron chi connectivity index (χ0n) is 13.5. The van der Waals surface area contributed by atoms with Crippen molar-refractivity contribution in [2.45, 2.75) is 63.5 Å². The van der Waals surface area contributed by atoms with Crippen molar-refractivity contribution in [3.8, 4) is 0 Å². The summed E-state index contributed by atoms with van der Waals surface area (Å²) in [5.74, 6) is 0.489. The number of rotatable bonds is 4. The van der Waals surface area contributed by atoms with E-state index in [-0.39, 0.29) is 12.3 Å². The van der Waals surface area contributed by atoms with Crippen LogP contribution in [-0.2, 0) is 4.79 Å². The van der Waals surface area contributed by atoms with Crippen molar-refractivity contribution < 1.29 is 9.90 Å². The van der Waals surface area contributed by atoms with Crippen LogP contribution in [-0.4, -0.2) is 26.2 Å². The van der Waals surface area contributed by atoms with E-state index < -0.39 is 5.60 Å². The minimum atomic E-state index is -0.798. The topological polar surface area (TPSA) is 67.2 Å². The maximum absolute atomic E-state index is 12.3. The summed E-state index contributed by atoms with van der Waals surface area (Å²) in [6.45, 7) is 2.07. The largest absolute Gasteiger partial charge is 0.389 e. The summed E-state index contributed by atoms with van der Waals surface area (Å²) in [5, 5.41) is 13.1. The zero-order chi connectivity index (χ0) is 16.0. The van der Waals surface area contributed by atoms with Crippen LogP contribution in [0.2, 0.25) is 0 Å². The molecule has 2 aliphatic rings. The average molecular weight is 313 g/mol. The van der Waals surface area contributed by atoms with Crippen molar-refractivity contribution in [1.82, 2.24) is 9.55 Å². The zero-order valence-corrected chi connectivity index (χ0v) is 13.5. The summed E-state index contributed by atoms with van der Waals surface area (Å²) < 4.78 is 2.18. The summed E-state index contributed by atoms with van der Waals surface area (Å²) in [6, 6.07) is 6.61. The van der Waals surface area contributed by atoms with Crippen molar-refractivity contribution in [2.24, 2.45) is 0 Å². The molecule has 0 aliphatic heterocycles. The smallest absolute Gasteiger partial charge is 0.229 e. The van der Waals surface area contributed by atoms with E-state index in [1.54, 1.807) is 0 Å². The number of carbonyl (C=O) groups excluding carboxylic acids is 1. The third-order valence-corrected chi connectivity index (χ3v) is 5.31. The normalized spacial score (nSPS) is 20.1.